The van der Waals surface area contributed by atoms with Gasteiger partial charge in [-0.25, -0.2) is 0 Å². The molecule has 0 atom stereocenters. The Morgan fingerprint density at radius 3 is 1.90 bits per heavy atom. The summed E-state index contributed by atoms with van der Waals surface area (Å²) in [6.07, 6.45) is 0. The number of hydrogen-bond acceptors (Lipinski definition) is 4. The van der Waals surface area contributed by atoms with Crippen molar-refractivity contribution in [3.63, 3.8) is 0 Å². The second-order valence-corrected chi connectivity index (χ2v) is 4.00. The summed E-state index contributed by atoms with van der Waals surface area (Å²) in [5, 5.41) is 15.1. The number of amides is 3. The van der Waals surface area contributed by atoms with Crippen LogP contribution in [0.1, 0.15) is 10.4 Å². The van der Waals surface area contributed by atoms with Crippen molar-refractivity contribution in [2.75, 3.05) is 19.6 Å². The van der Waals surface area contributed by atoms with Crippen LogP contribution in [-0.4, -0.2) is 48.4 Å². The first-order chi connectivity index (χ1) is 9.99. The minimum Gasteiger partial charge on any atom is -0.480 e. The van der Waals surface area contributed by atoms with Crippen LogP contribution < -0.4 is 16.0 Å². The lowest BCUT2D eigenvalue weighted by atomic mass is 10.2. The molecule has 112 valence electrons. The molecule has 0 spiro atoms. The molecule has 1 rings (SSSR count). The Hall–Kier alpha value is -2.90. The molecule has 0 saturated carbocycles. The van der Waals surface area contributed by atoms with E-state index >= 15 is 0 Å². The predicted molar refractivity (Wildman–Crippen MR) is 72.4 cm³/mol. The van der Waals surface area contributed by atoms with E-state index in [1.807, 2.05) is 0 Å². The maximum Gasteiger partial charge on any atom is 0.322 e. The zero-order valence-corrected chi connectivity index (χ0v) is 11.1. The van der Waals surface area contributed by atoms with E-state index in [1.54, 1.807) is 30.3 Å². The van der Waals surface area contributed by atoms with Crippen LogP contribution >= 0.6 is 0 Å². The molecule has 0 unspecified atom stereocenters. The number of carbonyl (C=O) groups excluding carboxylic acids is 3. The van der Waals surface area contributed by atoms with Gasteiger partial charge in [-0.05, 0) is 12.1 Å². The van der Waals surface area contributed by atoms with Gasteiger partial charge in [0.2, 0.25) is 11.8 Å². The van der Waals surface area contributed by atoms with E-state index in [9.17, 15) is 19.2 Å². The maximum atomic E-state index is 11.6. The summed E-state index contributed by atoms with van der Waals surface area (Å²) < 4.78 is 0. The molecule has 1 aromatic rings. The van der Waals surface area contributed by atoms with Crippen LogP contribution in [0.15, 0.2) is 30.3 Å². The van der Waals surface area contributed by atoms with Crippen molar-refractivity contribution < 1.29 is 24.3 Å². The molecule has 0 fully saturated rings. The summed E-state index contributed by atoms with van der Waals surface area (Å²) in [6, 6.07) is 8.36. The van der Waals surface area contributed by atoms with E-state index in [0.29, 0.717) is 5.56 Å². The van der Waals surface area contributed by atoms with Gasteiger partial charge in [0.05, 0.1) is 13.1 Å². The molecule has 0 bridgehead atoms. The second kappa shape index (κ2) is 8.31. The molecule has 8 nitrogen and oxygen atoms in total. The van der Waals surface area contributed by atoms with Crippen LogP contribution in [-0.2, 0) is 14.4 Å². The third kappa shape index (κ3) is 6.71. The number of benzene rings is 1. The molecule has 0 aliphatic heterocycles. The van der Waals surface area contributed by atoms with Gasteiger partial charge < -0.3 is 21.1 Å². The molecule has 0 aliphatic carbocycles. The summed E-state index contributed by atoms with van der Waals surface area (Å²) in [6.45, 7) is -1.15. The molecule has 8 heteroatoms. The standard InChI is InChI=1S/C13H15N3O5/c17-10(15-8-12(19)20)6-14-11(18)7-16-13(21)9-4-2-1-3-5-9/h1-5H,6-8H2,(H,14,18)(H,15,17)(H,16,21)(H,19,20). The highest BCUT2D eigenvalue weighted by Crippen LogP contribution is 1.96. The van der Waals surface area contributed by atoms with E-state index in [-0.39, 0.29) is 13.1 Å². The number of hydrogen-bond donors (Lipinski definition) is 4. The zero-order valence-electron chi connectivity index (χ0n) is 11.1. The zero-order chi connectivity index (χ0) is 15.7. The van der Waals surface area contributed by atoms with Gasteiger partial charge in [-0.2, -0.15) is 0 Å². The van der Waals surface area contributed by atoms with Gasteiger partial charge in [0.1, 0.15) is 6.54 Å². The lowest BCUT2D eigenvalue weighted by Crippen LogP contribution is -2.42. The first kappa shape index (κ1) is 16.2. The fourth-order valence-electron chi connectivity index (χ4n) is 1.33. The topological polar surface area (TPSA) is 125 Å². The van der Waals surface area contributed by atoms with Gasteiger partial charge in [0.25, 0.3) is 5.91 Å². The van der Waals surface area contributed by atoms with Crippen molar-refractivity contribution in [3.8, 4) is 0 Å². The van der Waals surface area contributed by atoms with E-state index in [4.69, 9.17) is 5.11 Å². The molecule has 0 aliphatic rings. The Bertz CT molecular complexity index is 530. The predicted octanol–water partition coefficient (Wildman–Crippen LogP) is -1.27. The smallest absolute Gasteiger partial charge is 0.322 e. The fraction of sp³-hybridized carbons (Fsp3) is 0.231. The SMILES string of the molecule is O=C(O)CNC(=O)CNC(=O)CNC(=O)c1ccccc1. The minimum absolute atomic E-state index is 0.278. The largest absolute Gasteiger partial charge is 0.480 e. The molecule has 1 aromatic carbocycles. The number of rotatable bonds is 7. The number of nitrogens with one attached hydrogen (secondary N) is 3. The van der Waals surface area contributed by atoms with E-state index < -0.39 is 30.2 Å². The first-order valence-electron chi connectivity index (χ1n) is 6.07. The Balaban J connectivity index is 2.24. The average Bonchev–Trinajstić information content (AvgIpc) is 2.49. The minimum atomic E-state index is -1.18. The fourth-order valence-corrected chi connectivity index (χ4v) is 1.33. The van der Waals surface area contributed by atoms with Crippen LogP contribution in [0.25, 0.3) is 0 Å². The summed E-state index contributed by atoms with van der Waals surface area (Å²) in [5.74, 6) is -2.75. The highest BCUT2D eigenvalue weighted by molar-refractivity contribution is 5.96. The normalized spacial score (nSPS) is 9.52. The van der Waals surface area contributed by atoms with Gasteiger partial charge in [-0.1, -0.05) is 18.2 Å². The van der Waals surface area contributed by atoms with Crippen LogP contribution in [0.2, 0.25) is 0 Å². The van der Waals surface area contributed by atoms with Gasteiger partial charge in [0, 0.05) is 5.56 Å². The monoisotopic (exact) mass is 293 g/mol. The third-order valence-electron chi connectivity index (χ3n) is 2.33. The van der Waals surface area contributed by atoms with Crippen molar-refractivity contribution in [2.24, 2.45) is 0 Å². The quantitative estimate of drug-likeness (QED) is 0.499. The molecule has 4 N–H and O–H groups in total. The van der Waals surface area contributed by atoms with Crippen molar-refractivity contribution in [3.05, 3.63) is 35.9 Å². The van der Waals surface area contributed by atoms with Gasteiger partial charge in [0.15, 0.2) is 0 Å². The molecule has 0 radical (unpaired) electrons. The summed E-state index contributed by atoms with van der Waals surface area (Å²) in [7, 11) is 0. The number of carbonyl (C=O) groups is 4. The molecular formula is C13H15N3O5. The number of carboxylic acid groups (broad SMARTS) is 1. The maximum absolute atomic E-state index is 11.6. The van der Waals surface area contributed by atoms with Gasteiger partial charge >= 0.3 is 5.97 Å². The van der Waals surface area contributed by atoms with Crippen LogP contribution in [0, 0.1) is 0 Å². The van der Waals surface area contributed by atoms with Crippen molar-refractivity contribution >= 4 is 23.7 Å². The Labute approximate surface area is 120 Å². The van der Waals surface area contributed by atoms with Gasteiger partial charge in [-0.3, -0.25) is 19.2 Å². The van der Waals surface area contributed by atoms with Crippen molar-refractivity contribution in [1.29, 1.82) is 0 Å². The number of carboxylic acids is 1. The summed E-state index contributed by atoms with van der Waals surface area (Å²) in [4.78, 5) is 44.4. The van der Waals surface area contributed by atoms with E-state index in [2.05, 4.69) is 16.0 Å². The molecule has 21 heavy (non-hydrogen) atoms. The van der Waals surface area contributed by atoms with Crippen molar-refractivity contribution in [2.45, 2.75) is 0 Å². The summed E-state index contributed by atoms with van der Waals surface area (Å²) >= 11 is 0. The molecule has 0 aromatic heterocycles. The Morgan fingerprint density at radius 2 is 1.33 bits per heavy atom. The molecule has 0 heterocycles. The molecule has 3 amide bonds. The van der Waals surface area contributed by atoms with Crippen LogP contribution in [0.3, 0.4) is 0 Å². The highest BCUT2D eigenvalue weighted by Gasteiger charge is 2.09. The van der Waals surface area contributed by atoms with E-state index in [0.717, 1.165) is 0 Å². The summed E-state index contributed by atoms with van der Waals surface area (Å²) in [5.41, 5.74) is 0.421. The first-order valence-corrected chi connectivity index (χ1v) is 6.07. The van der Waals surface area contributed by atoms with Crippen LogP contribution in [0.4, 0.5) is 0 Å². The second-order valence-electron chi connectivity index (χ2n) is 4.00. The Morgan fingerprint density at radius 1 is 0.810 bits per heavy atom. The average molecular weight is 293 g/mol. The van der Waals surface area contributed by atoms with Crippen molar-refractivity contribution in [1.82, 2.24) is 16.0 Å². The Kier molecular flexibility index (Phi) is 6.39. The molecular weight excluding hydrogens is 278 g/mol. The van der Waals surface area contributed by atoms with Crippen LogP contribution in [0.5, 0.6) is 0 Å². The lowest BCUT2D eigenvalue weighted by Gasteiger charge is -2.07. The highest BCUT2D eigenvalue weighted by atomic mass is 16.4. The molecule has 0 saturated heterocycles. The van der Waals surface area contributed by atoms with Gasteiger partial charge in [-0.15, -0.1) is 0 Å². The lowest BCUT2D eigenvalue weighted by molar-refractivity contribution is -0.137. The number of aliphatic carboxylic acids is 1. The third-order valence-corrected chi connectivity index (χ3v) is 2.33. The van der Waals surface area contributed by atoms with E-state index in [1.165, 1.54) is 0 Å².